The van der Waals surface area contributed by atoms with Crippen LogP contribution in [0.15, 0.2) is 53.1 Å². The van der Waals surface area contributed by atoms with Crippen LogP contribution in [0.3, 0.4) is 0 Å². The highest BCUT2D eigenvalue weighted by molar-refractivity contribution is 9.10. The van der Waals surface area contributed by atoms with E-state index in [1.165, 1.54) is 6.07 Å². The number of rotatable bonds is 4. The highest BCUT2D eigenvalue weighted by Gasteiger charge is 2.12. The van der Waals surface area contributed by atoms with Crippen molar-refractivity contribution in [2.45, 2.75) is 6.54 Å². The summed E-state index contributed by atoms with van der Waals surface area (Å²) in [6.45, 7) is 0.600. The lowest BCUT2D eigenvalue weighted by Crippen LogP contribution is -1.99. The number of benzene rings is 2. The van der Waals surface area contributed by atoms with Gasteiger partial charge in [-0.2, -0.15) is 0 Å². The number of fused-ring (bicyclic) bond motifs is 1. The molecule has 2 N–H and O–H groups in total. The van der Waals surface area contributed by atoms with E-state index in [1.54, 1.807) is 6.07 Å². The van der Waals surface area contributed by atoms with Gasteiger partial charge in [0.2, 0.25) is 0 Å². The Morgan fingerprint density at radius 2 is 2.05 bits per heavy atom. The minimum atomic E-state index is -0.402. The van der Waals surface area contributed by atoms with Gasteiger partial charge in [-0.25, -0.2) is 0 Å². The van der Waals surface area contributed by atoms with Crippen LogP contribution in [0.1, 0.15) is 5.56 Å². The Bertz CT molecular complexity index is 814. The molecule has 5 nitrogen and oxygen atoms in total. The Balaban J connectivity index is 1.82. The van der Waals surface area contributed by atoms with Crippen molar-refractivity contribution < 1.29 is 4.92 Å². The lowest BCUT2D eigenvalue weighted by Gasteiger charge is -2.06. The molecular weight excluding hydrogens is 334 g/mol. The van der Waals surface area contributed by atoms with Gasteiger partial charge in [-0.05, 0) is 39.7 Å². The maximum atomic E-state index is 10.9. The van der Waals surface area contributed by atoms with Crippen molar-refractivity contribution >= 4 is 38.2 Å². The first-order valence-electron chi connectivity index (χ1n) is 6.38. The highest BCUT2D eigenvalue weighted by Crippen LogP contribution is 2.28. The number of nitrogens with one attached hydrogen (secondary N) is 2. The smallest absolute Gasteiger partial charge is 0.285 e. The number of H-pyrrole nitrogens is 1. The van der Waals surface area contributed by atoms with Gasteiger partial charge in [0.15, 0.2) is 0 Å². The van der Waals surface area contributed by atoms with Crippen LogP contribution in [-0.2, 0) is 6.54 Å². The number of anilines is 1. The van der Waals surface area contributed by atoms with Crippen LogP contribution >= 0.6 is 15.9 Å². The van der Waals surface area contributed by atoms with Gasteiger partial charge >= 0.3 is 0 Å². The van der Waals surface area contributed by atoms with Crippen molar-refractivity contribution in [1.82, 2.24) is 4.98 Å². The summed E-state index contributed by atoms with van der Waals surface area (Å²) >= 11 is 3.18. The van der Waals surface area contributed by atoms with E-state index < -0.39 is 4.92 Å². The van der Waals surface area contributed by atoms with Crippen molar-refractivity contribution in [1.29, 1.82) is 0 Å². The fourth-order valence-corrected chi connectivity index (χ4v) is 2.63. The number of nitrogens with zero attached hydrogens (tertiary/aromatic N) is 1. The third-order valence-electron chi connectivity index (χ3n) is 3.30. The fraction of sp³-hybridized carbons (Fsp3) is 0.0667. The predicted octanol–water partition coefficient (Wildman–Crippen LogP) is 4.45. The van der Waals surface area contributed by atoms with E-state index in [0.717, 1.165) is 22.2 Å². The van der Waals surface area contributed by atoms with Gasteiger partial charge < -0.3 is 10.3 Å². The monoisotopic (exact) mass is 345 g/mol. The molecule has 3 rings (SSSR count). The number of halogens is 1. The first-order chi connectivity index (χ1) is 10.1. The van der Waals surface area contributed by atoms with Crippen molar-refractivity contribution in [3.05, 3.63) is 68.8 Å². The molecule has 1 heterocycles. The van der Waals surface area contributed by atoms with E-state index in [2.05, 4.69) is 26.2 Å². The zero-order valence-corrected chi connectivity index (χ0v) is 12.6. The van der Waals surface area contributed by atoms with Gasteiger partial charge in [0, 0.05) is 35.4 Å². The topological polar surface area (TPSA) is 71.0 Å². The van der Waals surface area contributed by atoms with Crippen molar-refractivity contribution in [2.75, 3.05) is 5.32 Å². The van der Waals surface area contributed by atoms with E-state index in [-0.39, 0.29) is 5.69 Å². The van der Waals surface area contributed by atoms with Crippen LogP contribution in [0.2, 0.25) is 0 Å². The molecule has 0 saturated carbocycles. The molecule has 0 atom stereocenters. The Kier molecular flexibility index (Phi) is 3.62. The van der Waals surface area contributed by atoms with Crippen LogP contribution in [0, 0.1) is 10.1 Å². The fourth-order valence-electron chi connectivity index (χ4n) is 2.24. The molecule has 0 aliphatic rings. The van der Waals surface area contributed by atoms with Gasteiger partial charge in [0.1, 0.15) is 0 Å². The number of nitro benzene ring substituents is 1. The summed E-state index contributed by atoms with van der Waals surface area (Å²) in [4.78, 5) is 13.7. The lowest BCUT2D eigenvalue weighted by atomic mass is 10.1. The Labute approximate surface area is 129 Å². The van der Waals surface area contributed by atoms with E-state index in [0.29, 0.717) is 11.0 Å². The van der Waals surface area contributed by atoms with E-state index in [1.807, 2.05) is 36.5 Å². The summed E-state index contributed by atoms with van der Waals surface area (Å²) in [5.74, 6) is 0. The largest absolute Gasteiger partial charge is 0.381 e. The summed E-state index contributed by atoms with van der Waals surface area (Å²) in [5, 5.41) is 15.3. The third-order valence-corrected chi connectivity index (χ3v) is 3.97. The van der Waals surface area contributed by atoms with E-state index in [4.69, 9.17) is 0 Å². The van der Waals surface area contributed by atoms with Crippen molar-refractivity contribution in [2.24, 2.45) is 0 Å². The quantitative estimate of drug-likeness (QED) is 0.542. The predicted molar refractivity (Wildman–Crippen MR) is 86.4 cm³/mol. The first kappa shape index (κ1) is 13.6. The zero-order valence-electron chi connectivity index (χ0n) is 11.0. The molecule has 0 fully saturated rings. The number of hydrogen-bond donors (Lipinski definition) is 2. The summed E-state index contributed by atoms with van der Waals surface area (Å²) in [5.41, 5.74) is 2.97. The van der Waals surface area contributed by atoms with Crippen LogP contribution < -0.4 is 5.32 Å². The van der Waals surface area contributed by atoms with Gasteiger partial charge in [-0.1, -0.05) is 18.2 Å². The first-order valence-corrected chi connectivity index (χ1v) is 7.17. The van der Waals surface area contributed by atoms with Gasteiger partial charge in [-0.15, -0.1) is 0 Å². The van der Waals surface area contributed by atoms with Crippen LogP contribution in [0.5, 0.6) is 0 Å². The number of nitro groups is 1. The van der Waals surface area contributed by atoms with Crippen LogP contribution in [0.4, 0.5) is 11.4 Å². The molecular formula is C15H12BrN3O2. The van der Waals surface area contributed by atoms with Gasteiger partial charge in [0.05, 0.1) is 9.40 Å². The molecule has 0 aliphatic carbocycles. The molecule has 3 aromatic rings. The van der Waals surface area contributed by atoms with E-state index >= 15 is 0 Å². The standard InChI is InChI=1S/C15H12BrN3O2/c16-13-6-5-11(7-15(13)19(20)21)17-8-10-9-18-14-4-2-1-3-12(10)14/h1-7,9,17-18H,8H2. The molecule has 0 aliphatic heterocycles. The Morgan fingerprint density at radius 3 is 2.86 bits per heavy atom. The lowest BCUT2D eigenvalue weighted by molar-refractivity contribution is -0.385. The highest BCUT2D eigenvalue weighted by atomic mass is 79.9. The summed E-state index contributed by atoms with van der Waals surface area (Å²) in [7, 11) is 0. The maximum Gasteiger partial charge on any atom is 0.285 e. The molecule has 0 spiro atoms. The summed E-state index contributed by atoms with van der Waals surface area (Å²) in [6.07, 6.45) is 1.95. The molecule has 0 radical (unpaired) electrons. The second-order valence-corrected chi connectivity index (χ2v) is 5.49. The Morgan fingerprint density at radius 1 is 1.24 bits per heavy atom. The molecule has 0 unspecified atom stereocenters. The number of aromatic nitrogens is 1. The van der Waals surface area contributed by atoms with E-state index in [9.17, 15) is 10.1 Å². The molecule has 6 heteroatoms. The second-order valence-electron chi connectivity index (χ2n) is 4.64. The van der Waals surface area contributed by atoms with Crippen molar-refractivity contribution in [3.8, 4) is 0 Å². The molecule has 0 amide bonds. The number of aromatic amines is 1. The van der Waals surface area contributed by atoms with Gasteiger partial charge in [0.25, 0.3) is 5.69 Å². The third kappa shape index (κ3) is 2.75. The minimum Gasteiger partial charge on any atom is -0.381 e. The average Bonchev–Trinajstić information content (AvgIpc) is 2.89. The summed E-state index contributed by atoms with van der Waals surface area (Å²) in [6, 6.07) is 13.1. The molecule has 1 aromatic heterocycles. The van der Waals surface area contributed by atoms with Crippen molar-refractivity contribution in [3.63, 3.8) is 0 Å². The molecule has 0 saturated heterocycles. The minimum absolute atomic E-state index is 0.0546. The van der Waals surface area contributed by atoms with Crippen LogP contribution in [0.25, 0.3) is 10.9 Å². The second kappa shape index (κ2) is 5.57. The average molecular weight is 346 g/mol. The summed E-state index contributed by atoms with van der Waals surface area (Å²) < 4.78 is 0.477. The zero-order chi connectivity index (χ0) is 14.8. The molecule has 2 aromatic carbocycles. The number of para-hydroxylation sites is 1. The molecule has 0 bridgehead atoms. The SMILES string of the molecule is O=[N+]([O-])c1cc(NCc2c[nH]c3ccccc23)ccc1Br. The van der Waals surface area contributed by atoms with Gasteiger partial charge in [-0.3, -0.25) is 10.1 Å². The Hall–Kier alpha value is -2.34. The molecule has 21 heavy (non-hydrogen) atoms. The maximum absolute atomic E-state index is 10.9. The number of hydrogen-bond acceptors (Lipinski definition) is 3. The normalized spacial score (nSPS) is 10.7. The van der Waals surface area contributed by atoms with Crippen LogP contribution in [-0.4, -0.2) is 9.91 Å². The molecule has 106 valence electrons.